The number of amides is 1. The van der Waals surface area contributed by atoms with Crippen molar-refractivity contribution in [3.63, 3.8) is 0 Å². The van der Waals surface area contributed by atoms with E-state index in [4.69, 9.17) is 16.3 Å². The molecule has 1 aliphatic heterocycles. The molecule has 3 nitrogen and oxygen atoms in total. The fourth-order valence-electron chi connectivity index (χ4n) is 4.28. The first kappa shape index (κ1) is 16.4. The number of likely N-dealkylation sites (tertiary alicyclic amines) is 1. The lowest BCUT2D eigenvalue weighted by molar-refractivity contribution is -0.136. The van der Waals surface area contributed by atoms with Crippen LogP contribution < -0.4 is 0 Å². The summed E-state index contributed by atoms with van der Waals surface area (Å²) in [4.78, 5) is 15.4. The van der Waals surface area contributed by atoms with Crippen LogP contribution in [0.2, 0.25) is 5.02 Å². The summed E-state index contributed by atoms with van der Waals surface area (Å²) >= 11 is 6.04. The van der Waals surface area contributed by atoms with Gasteiger partial charge in [0.05, 0.1) is 11.5 Å². The largest absolute Gasteiger partial charge is 0.376 e. The van der Waals surface area contributed by atoms with Crippen LogP contribution in [-0.4, -0.2) is 36.6 Å². The molecule has 1 aromatic rings. The molecule has 4 heteroatoms. The van der Waals surface area contributed by atoms with Crippen molar-refractivity contribution in [1.29, 1.82) is 0 Å². The van der Waals surface area contributed by atoms with Gasteiger partial charge in [-0.05, 0) is 55.7 Å². The number of carbonyl (C=O) groups is 1. The Morgan fingerprint density at radius 3 is 2.54 bits per heavy atom. The molecule has 24 heavy (non-hydrogen) atoms. The molecule has 1 aromatic carbocycles. The minimum atomic E-state index is -0.337. The van der Waals surface area contributed by atoms with Gasteiger partial charge in [0.15, 0.2) is 0 Å². The number of rotatable bonds is 5. The number of hydrogen-bond donors (Lipinski definition) is 0. The Hall–Kier alpha value is -1.06. The molecular formula is C20H26ClNO2. The van der Waals surface area contributed by atoms with Crippen LogP contribution in [0, 0.1) is 5.92 Å². The van der Waals surface area contributed by atoms with E-state index in [1.807, 2.05) is 24.3 Å². The van der Waals surface area contributed by atoms with Gasteiger partial charge in [0.2, 0.25) is 5.91 Å². The maximum Gasteiger partial charge on any atom is 0.233 e. The summed E-state index contributed by atoms with van der Waals surface area (Å²) in [6, 6.07) is 7.91. The van der Waals surface area contributed by atoms with Gasteiger partial charge in [-0.3, -0.25) is 4.79 Å². The average Bonchev–Trinajstić information content (AvgIpc) is 3.11. The maximum atomic E-state index is 13.4. The molecule has 0 aromatic heterocycles. The normalized spacial score (nSPS) is 26.0. The topological polar surface area (TPSA) is 29.5 Å². The fourth-order valence-corrected chi connectivity index (χ4v) is 4.41. The predicted octanol–water partition coefficient (Wildman–Crippen LogP) is 4.18. The molecule has 130 valence electrons. The van der Waals surface area contributed by atoms with Crippen LogP contribution in [0.5, 0.6) is 0 Å². The zero-order valence-corrected chi connectivity index (χ0v) is 14.9. The van der Waals surface area contributed by atoms with Gasteiger partial charge in [0.25, 0.3) is 0 Å². The Morgan fingerprint density at radius 2 is 1.88 bits per heavy atom. The minimum Gasteiger partial charge on any atom is -0.376 e. The SMILES string of the molecule is O=C(N1CCC(OCC2CC2)C1)C1(c2ccc(Cl)cc2)CCCC1. The summed E-state index contributed by atoms with van der Waals surface area (Å²) in [6.45, 7) is 2.49. The monoisotopic (exact) mass is 347 g/mol. The highest BCUT2D eigenvalue weighted by atomic mass is 35.5. The summed E-state index contributed by atoms with van der Waals surface area (Å²) in [5.41, 5.74) is 0.799. The minimum absolute atomic E-state index is 0.234. The van der Waals surface area contributed by atoms with Crippen LogP contribution in [0.4, 0.5) is 0 Å². The van der Waals surface area contributed by atoms with E-state index >= 15 is 0 Å². The second-order valence-corrected chi connectivity index (χ2v) is 8.17. The molecule has 2 aliphatic carbocycles. The van der Waals surface area contributed by atoms with E-state index in [1.54, 1.807) is 0 Å². The van der Waals surface area contributed by atoms with Crippen molar-refractivity contribution >= 4 is 17.5 Å². The van der Waals surface area contributed by atoms with Crippen molar-refractivity contribution in [2.75, 3.05) is 19.7 Å². The van der Waals surface area contributed by atoms with Crippen molar-refractivity contribution in [2.24, 2.45) is 5.92 Å². The number of halogens is 1. The summed E-state index contributed by atoms with van der Waals surface area (Å²) in [5.74, 6) is 1.09. The molecule has 0 N–H and O–H groups in total. The van der Waals surface area contributed by atoms with Gasteiger partial charge in [0.1, 0.15) is 0 Å². The second-order valence-electron chi connectivity index (χ2n) is 7.73. The van der Waals surface area contributed by atoms with Gasteiger partial charge in [-0.15, -0.1) is 0 Å². The molecule has 1 amide bonds. The lowest BCUT2D eigenvalue weighted by Crippen LogP contribution is -2.45. The van der Waals surface area contributed by atoms with Gasteiger partial charge in [-0.1, -0.05) is 36.6 Å². The van der Waals surface area contributed by atoms with Gasteiger partial charge >= 0.3 is 0 Å². The number of hydrogen-bond acceptors (Lipinski definition) is 2. The number of carbonyl (C=O) groups excluding carboxylic acids is 1. The second kappa shape index (κ2) is 6.68. The van der Waals surface area contributed by atoms with Crippen LogP contribution in [0.25, 0.3) is 0 Å². The van der Waals surface area contributed by atoms with Gasteiger partial charge in [0, 0.05) is 24.7 Å². The third-order valence-corrected chi connectivity index (χ3v) is 6.21. The van der Waals surface area contributed by atoms with Crippen molar-refractivity contribution < 1.29 is 9.53 Å². The van der Waals surface area contributed by atoms with E-state index in [1.165, 1.54) is 12.8 Å². The standard InChI is InChI=1S/C20H26ClNO2/c21-17-7-5-16(6-8-17)20(10-1-2-11-20)19(23)22-12-9-18(13-22)24-14-15-3-4-15/h5-8,15,18H,1-4,9-14H2. The molecule has 1 unspecified atom stereocenters. The van der Waals surface area contributed by atoms with Crippen LogP contribution in [0.3, 0.4) is 0 Å². The molecule has 0 bridgehead atoms. The van der Waals surface area contributed by atoms with Crippen LogP contribution in [0.1, 0.15) is 50.5 Å². The highest BCUT2D eigenvalue weighted by Gasteiger charge is 2.46. The molecule has 1 atom stereocenters. The highest BCUT2D eigenvalue weighted by molar-refractivity contribution is 6.30. The van der Waals surface area contributed by atoms with Crippen LogP contribution >= 0.6 is 11.6 Å². The molecule has 3 aliphatic rings. The van der Waals surface area contributed by atoms with Crippen LogP contribution in [0.15, 0.2) is 24.3 Å². The first-order valence-electron chi connectivity index (χ1n) is 9.34. The van der Waals surface area contributed by atoms with Crippen LogP contribution in [-0.2, 0) is 14.9 Å². The van der Waals surface area contributed by atoms with Crippen molar-refractivity contribution in [3.8, 4) is 0 Å². The molecule has 0 radical (unpaired) electrons. The summed E-state index contributed by atoms with van der Waals surface area (Å²) < 4.78 is 6.01. The first-order valence-corrected chi connectivity index (χ1v) is 9.72. The van der Waals surface area contributed by atoms with E-state index in [0.717, 1.165) is 68.3 Å². The Kier molecular flexibility index (Phi) is 4.57. The third kappa shape index (κ3) is 3.21. The Bertz CT molecular complexity index is 590. The Labute approximate surface area is 149 Å². The molecule has 2 saturated carbocycles. The zero-order valence-electron chi connectivity index (χ0n) is 14.2. The number of nitrogens with zero attached hydrogens (tertiary/aromatic N) is 1. The fraction of sp³-hybridized carbons (Fsp3) is 0.650. The van der Waals surface area contributed by atoms with Crippen molar-refractivity contribution in [3.05, 3.63) is 34.9 Å². The van der Waals surface area contributed by atoms with E-state index in [2.05, 4.69) is 4.90 Å². The summed E-state index contributed by atoms with van der Waals surface area (Å²) in [7, 11) is 0. The lowest BCUT2D eigenvalue weighted by Gasteiger charge is -2.33. The predicted molar refractivity (Wildman–Crippen MR) is 95.3 cm³/mol. The zero-order chi connectivity index (χ0) is 16.6. The van der Waals surface area contributed by atoms with Crippen molar-refractivity contribution in [2.45, 2.75) is 56.5 Å². The van der Waals surface area contributed by atoms with E-state index in [9.17, 15) is 4.79 Å². The van der Waals surface area contributed by atoms with Gasteiger partial charge in [-0.25, -0.2) is 0 Å². The lowest BCUT2D eigenvalue weighted by atomic mass is 9.77. The average molecular weight is 348 g/mol. The molecule has 3 fully saturated rings. The first-order chi connectivity index (χ1) is 11.7. The van der Waals surface area contributed by atoms with Gasteiger partial charge in [-0.2, -0.15) is 0 Å². The molecular weight excluding hydrogens is 322 g/mol. The van der Waals surface area contributed by atoms with E-state index in [0.29, 0.717) is 5.91 Å². The maximum absolute atomic E-state index is 13.4. The molecule has 1 heterocycles. The Morgan fingerprint density at radius 1 is 1.17 bits per heavy atom. The van der Waals surface area contributed by atoms with Gasteiger partial charge < -0.3 is 9.64 Å². The number of benzene rings is 1. The number of ether oxygens (including phenoxy) is 1. The molecule has 4 rings (SSSR count). The molecule has 1 saturated heterocycles. The smallest absolute Gasteiger partial charge is 0.233 e. The van der Waals surface area contributed by atoms with E-state index < -0.39 is 0 Å². The quantitative estimate of drug-likeness (QED) is 0.799. The summed E-state index contributed by atoms with van der Waals surface area (Å²) in [5, 5.41) is 0.731. The van der Waals surface area contributed by atoms with Crippen molar-refractivity contribution in [1.82, 2.24) is 4.90 Å². The Balaban J connectivity index is 1.47. The highest BCUT2D eigenvalue weighted by Crippen LogP contribution is 2.43. The third-order valence-electron chi connectivity index (χ3n) is 5.96. The molecule has 0 spiro atoms. The van der Waals surface area contributed by atoms with E-state index in [-0.39, 0.29) is 11.5 Å². The summed E-state index contributed by atoms with van der Waals surface area (Å²) in [6.07, 6.45) is 8.01.